The molecular formula is C17H17N5O2. The molecule has 0 saturated carbocycles. The van der Waals surface area contributed by atoms with Crippen LogP contribution in [0.25, 0.3) is 0 Å². The predicted molar refractivity (Wildman–Crippen MR) is 86.9 cm³/mol. The number of aromatic amines is 1. The standard InChI is InChI=1S/C17H17N5O2/c1-11-15(14(20-24-11)10-12-6-3-2-4-7-12)17(23)22-9-5-8-13-16(22)19-21-18-13/h2-4,6-7H,5,8-10H2,1H3,(H,18,19,21). The molecule has 0 atom stereocenters. The van der Waals surface area contributed by atoms with Crippen LogP contribution >= 0.6 is 0 Å². The molecule has 3 heterocycles. The first-order valence-corrected chi connectivity index (χ1v) is 7.94. The molecule has 0 aliphatic carbocycles. The second kappa shape index (κ2) is 5.92. The summed E-state index contributed by atoms with van der Waals surface area (Å²) in [4.78, 5) is 14.8. The molecule has 4 rings (SSSR count). The van der Waals surface area contributed by atoms with E-state index in [0.29, 0.717) is 35.8 Å². The van der Waals surface area contributed by atoms with Crippen LogP contribution in [0.2, 0.25) is 0 Å². The fraction of sp³-hybridized carbons (Fsp3) is 0.294. The Hall–Kier alpha value is -2.96. The van der Waals surface area contributed by atoms with Gasteiger partial charge in [-0.15, -0.1) is 5.10 Å². The minimum Gasteiger partial charge on any atom is -0.361 e. The molecule has 7 nitrogen and oxygen atoms in total. The molecule has 7 heteroatoms. The van der Waals surface area contributed by atoms with Crippen molar-refractivity contribution in [2.45, 2.75) is 26.2 Å². The van der Waals surface area contributed by atoms with Crippen molar-refractivity contribution in [2.75, 3.05) is 11.4 Å². The minimum atomic E-state index is -0.130. The maximum Gasteiger partial charge on any atom is 0.265 e. The smallest absolute Gasteiger partial charge is 0.265 e. The second-order valence-electron chi connectivity index (χ2n) is 5.88. The number of H-pyrrole nitrogens is 1. The van der Waals surface area contributed by atoms with Crippen LogP contribution in [0, 0.1) is 6.92 Å². The highest BCUT2D eigenvalue weighted by Crippen LogP contribution is 2.27. The van der Waals surface area contributed by atoms with Crippen molar-refractivity contribution in [1.29, 1.82) is 0 Å². The van der Waals surface area contributed by atoms with Crippen LogP contribution in [0.15, 0.2) is 34.9 Å². The van der Waals surface area contributed by atoms with Crippen LogP contribution in [-0.2, 0) is 12.8 Å². The summed E-state index contributed by atoms with van der Waals surface area (Å²) in [7, 11) is 0. The van der Waals surface area contributed by atoms with Crippen molar-refractivity contribution in [3.8, 4) is 0 Å². The van der Waals surface area contributed by atoms with E-state index in [2.05, 4.69) is 20.6 Å². The summed E-state index contributed by atoms with van der Waals surface area (Å²) in [5, 5.41) is 15.0. The summed E-state index contributed by atoms with van der Waals surface area (Å²) < 4.78 is 5.31. The number of hydrogen-bond acceptors (Lipinski definition) is 5. The van der Waals surface area contributed by atoms with Crippen LogP contribution in [0.5, 0.6) is 0 Å². The van der Waals surface area contributed by atoms with E-state index in [-0.39, 0.29) is 5.91 Å². The first-order chi connectivity index (χ1) is 11.7. The van der Waals surface area contributed by atoms with Gasteiger partial charge in [0, 0.05) is 13.0 Å². The molecule has 0 unspecified atom stereocenters. The summed E-state index contributed by atoms with van der Waals surface area (Å²) in [6.45, 7) is 2.39. The lowest BCUT2D eigenvalue weighted by molar-refractivity contribution is 0.0982. The number of rotatable bonds is 3. The van der Waals surface area contributed by atoms with E-state index in [1.165, 1.54) is 0 Å². The largest absolute Gasteiger partial charge is 0.361 e. The van der Waals surface area contributed by atoms with Crippen molar-refractivity contribution in [3.05, 3.63) is 58.6 Å². The van der Waals surface area contributed by atoms with E-state index in [1.54, 1.807) is 11.8 Å². The Morgan fingerprint density at radius 3 is 2.96 bits per heavy atom. The molecule has 0 saturated heterocycles. The molecule has 0 bridgehead atoms. The molecule has 0 radical (unpaired) electrons. The predicted octanol–water partition coefficient (Wildman–Crippen LogP) is 2.28. The zero-order valence-corrected chi connectivity index (χ0v) is 13.3. The Bertz CT molecular complexity index is 868. The van der Waals surface area contributed by atoms with Crippen LogP contribution < -0.4 is 4.90 Å². The van der Waals surface area contributed by atoms with Gasteiger partial charge in [0.15, 0.2) is 5.82 Å². The van der Waals surface area contributed by atoms with Gasteiger partial charge in [-0.3, -0.25) is 9.69 Å². The van der Waals surface area contributed by atoms with E-state index >= 15 is 0 Å². The van der Waals surface area contributed by atoms with E-state index in [1.807, 2.05) is 30.3 Å². The monoisotopic (exact) mass is 323 g/mol. The number of nitrogens with zero attached hydrogens (tertiary/aromatic N) is 4. The maximum absolute atomic E-state index is 13.1. The van der Waals surface area contributed by atoms with Crippen LogP contribution in [-0.4, -0.2) is 33.0 Å². The number of nitrogens with one attached hydrogen (secondary N) is 1. The van der Waals surface area contributed by atoms with E-state index in [9.17, 15) is 4.79 Å². The molecule has 1 N–H and O–H groups in total. The fourth-order valence-corrected chi connectivity index (χ4v) is 3.08. The molecule has 1 amide bonds. The number of benzene rings is 1. The lowest BCUT2D eigenvalue weighted by Gasteiger charge is -2.24. The average molecular weight is 323 g/mol. The molecule has 122 valence electrons. The van der Waals surface area contributed by atoms with Crippen molar-refractivity contribution in [1.82, 2.24) is 20.6 Å². The molecule has 24 heavy (non-hydrogen) atoms. The molecule has 0 spiro atoms. The SMILES string of the molecule is Cc1onc(Cc2ccccc2)c1C(=O)N1CCCc2n[nH]nc21. The van der Waals surface area contributed by atoms with Crippen molar-refractivity contribution < 1.29 is 9.32 Å². The summed E-state index contributed by atoms with van der Waals surface area (Å²) in [6.07, 6.45) is 2.25. The number of carbonyl (C=O) groups is 1. The number of hydrogen-bond donors (Lipinski definition) is 1. The van der Waals surface area contributed by atoms with Gasteiger partial charge in [-0.05, 0) is 25.3 Å². The number of amides is 1. The average Bonchev–Trinajstić information content (AvgIpc) is 3.22. The zero-order valence-electron chi connectivity index (χ0n) is 13.3. The molecule has 1 aromatic carbocycles. The normalized spacial score (nSPS) is 13.8. The number of aromatic nitrogens is 4. The molecule has 1 aliphatic heterocycles. The van der Waals surface area contributed by atoms with Gasteiger partial charge < -0.3 is 4.52 Å². The highest BCUT2D eigenvalue weighted by molar-refractivity contribution is 6.07. The van der Waals surface area contributed by atoms with Crippen molar-refractivity contribution >= 4 is 11.7 Å². The third-order valence-corrected chi connectivity index (χ3v) is 4.26. The third kappa shape index (κ3) is 2.47. The van der Waals surface area contributed by atoms with E-state index in [0.717, 1.165) is 24.1 Å². The van der Waals surface area contributed by atoms with Crippen molar-refractivity contribution in [2.24, 2.45) is 0 Å². The molecule has 2 aromatic heterocycles. The van der Waals surface area contributed by atoms with Gasteiger partial charge in [0.25, 0.3) is 5.91 Å². The Kier molecular flexibility index (Phi) is 3.60. The number of fused-ring (bicyclic) bond motifs is 1. The molecule has 3 aromatic rings. The van der Waals surface area contributed by atoms with Gasteiger partial charge in [-0.25, -0.2) is 0 Å². The Morgan fingerprint density at radius 1 is 1.29 bits per heavy atom. The fourth-order valence-electron chi connectivity index (χ4n) is 3.08. The van der Waals surface area contributed by atoms with E-state index in [4.69, 9.17) is 4.52 Å². The summed E-state index contributed by atoms with van der Waals surface area (Å²) in [5.41, 5.74) is 3.09. The molecule has 0 fully saturated rings. The summed E-state index contributed by atoms with van der Waals surface area (Å²) in [6, 6.07) is 9.92. The Labute approximate surface area is 138 Å². The minimum absolute atomic E-state index is 0.130. The highest BCUT2D eigenvalue weighted by Gasteiger charge is 2.31. The van der Waals surface area contributed by atoms with Gasteiger partial charge in [0.2, 0.25) is 0 Å². The lowest BCUT2D eigenvalue weighted by Crippen LogP contribution is -2.36. The zero-order chi connectivity index (χ0) is 16.5. The lowest BCUT2D eigenvalue weighted by atomic mass is 10.0. The number of carbonyl (C=O) groups excluding carboxylic acids is 1. The molecular weight excluding hydrogens is 306 g/mol. The van der Waals surface area contributed by atoms with Crippen molar-refractivity contribution in [3.63, 3.8) is 0 Å². The highest BCUT2D eigenvalue weighted by atomic mass is 16.5. The Balaban J connectivity index is 1.68. The van der Waals surface area contributed by atoms with Gasteiger partial charge in [-0.2, -0.15) is 10.3 Å². The van der Waals surface area contributed by atoms with Crippen LogP contribution in [0.1, 0.15) is 39.5 Å². The topological polar surface area (TPSA) is 87.9 Å². The number of anilines is 1. The van der Waals surface area contributed by atoms with Gasteiger partial charge >= 0.3 is 0 Å². The van der Waals surface area contributed by atoms with E-state index < -0.39 is 0 Å². The van der Waals surface area contributed by atoms with Gasteiger partial charge in [0.05, 0.1) is 0 Å². The quantitative estimate of drug-likeness (QED) is 0.799. The first kappa shape index (κ1) is 14.6. The first-order valence-electron chi connectivity index (χ1n) is 7.94. The van der Waals surface area contributed by atoms with Gasteiger partial charge in [-0.1, -0.05) is 35.5 Å². The molecule has 1 aliphatic rings. The van der Waals surface area contributed by atoms with Crippen LogP contribution in [0.4, 0.5) is 5.82 Å². The van der Waals surface area contributed by atoms with Gasteiger partial charge in [0.1, 0.15) is 22.7 Å². The number of aryl methyl sites for hydroxylation is 2. The Morgan fingerprint density at radius 2 is 2.12 bits per heavy atom. The van der Waals surface area contributed by atoms with Crippen LogP contribution in [0.3, 0.4) is 0 Å². The third-order valence-electron chi connectivity index (χ3n) is 4.26. The summed E-state index contributed by atoms with van der Waals surface area (Å²) >= 11 is 0. The second-order valence-corrected chi connectivity index (χ2v) is 5.88. The summed E-state index contributed by atoms with van der Waals surface area (Å²) in [5.74, 6) is 1.01. The maximum atomic E-state index is 13.1.